The van der Waals surface area contributed by atoms with Crippen molar-refractivity contribution in [1.29, 1.82) is 0 Å². The summed E-state index contributed by atoms with van der Waals surface area (Å²) in [4.78, 5) is 4.99. The molecule has 0 saturated carbocycles. The lowest BCUT2D eigenvalue weighted by Crippen LogP contribution is -2.42. The molecule has 1 aliphatic rings. The summed E-state index contributed by atoms with van der Waals surface area (Å²) in [5.74, 6) is 0. The van der Waals surface area contributed by atoms with Crippen LogP contribution < -0.4 is 5.32 Å². The molecule has 0 aromatic rings. The number of piperidine rings is 1. The fourth-order valence-corrected chi connectivity index (χ4v) is 2.53. The minimum absolute atomic E-state index is 0.808. The number of rotatable bonds is 9. The summed E-state index contributed by atoms with van der Waals surface area (Å²) in [7, 11) is 6.26. The van der Waals surface area contributed by atoms with Crippen molar-refractivity contribution in [2.24, 2.45) is 0 Å². The second kappa shape index (κ2) is 9.73. The molecule has 1 aliphatic heterocycles. The van der Waals surface area contributed by atoms with E-state index in [0.29, 0.717) is 0 Å². The molecule has 18 heavy (non-hydrogen) atoms. The molecule has 1 heterocycles. The van der Waals surface area contributed by atoms with Gasteiger partial charge in [-0.2, -0.15) is 0 Å². The van der Waals surface area contributed by atoms with Crippen LogP contribution in [0.5, 0.6) is 0 Å². The molecule has 4 heteroatoms. The van der Waals surface area contributed by atoms with Crippen molar-refractivity contribution in [3.05, 3.63) is 0 Å². The Morgan fingerprint density at radius 2 is 1.94 bits per heavy atom. The summed E-state index contributed by atoms with van der Waals surface area (Å²) in [6.07, 6.45) is 5.22. The lowest BCUT2D eigenvalue weighted by atomic mass is 10.0. The lowest BCUT2D eigenvalue weighted by molar-refractivity contribution is 0.142. The third-order valence-corrected chi connectivity index (χ3v) is 3.91. The molecule has 1 fully saturated rings. The van der Waals surface area contributed by atoms with Crippen LogP contribution in [-0.4, -0.2) is 76.4 Å². The van der Waals surface area contributed by atoms with Crippen molar-refractivity contribution in [1.82, 2.24) is 15.1 Å². The van der Waals surface area contributed by atoms with Gasteiger partial charge in [-0.1, -0.05) is 0 Å². The van der Waals surface area contributed by atoms with Crippen LogP contribution in [0.15, 0.2) is 0 Å². The second-order valence-electron chi connectivity index (χ2n) is 5.46. The summed E-state index contributed by atoms with van der Waals surface area (Å²) in [5.41, 5.74) is 0. The standard InChI is InChI=1S/C14H31N3O/c1-16-11-6-14(7-12-16)17(2)10-5-4-8-15-9-13-18-3/h14-15H,4-13H2,1-3H3. The van der Waals surface area contributed by atoms with Gasteiger partial charge in [0.25, 0.3) is 0 Å². The predicted octanol–water partition coefficient (Wildman–Crippen LogP) is 1.03. The van der Waals surface area contributed by atoms with Crippen LogP contribution in [0.1, 0.15) is 25.7 Å². The molecule has 1 N–H and O–H groups in total. The van der Waals surface area contributed by atoms with Gasteiger partial charge in [0, 0.05) is 19.7 Å². The molecule has 4 nitrogen and oxygen atoms in total. The maximum Gasteiger partial charge on any atom is 0.0587 e. The fourth-order valence-electron chi connectivity index (χ4n) is 2.53. The molecular formula is C14H31N3O. The molecule has 0 radical (unpaired) electrons. The van der Waals surface area contributed by atoms with E-state index in [2.05, 4.69) is 29.2 Å². The SMILES string of the molecule is COCCNCCCCN(C)C1CCN(C)CC1. The Labute approximate surface area is 113 Å². The van der Waals surface area contributed by atoms with Crippen LogP contribution in [0, 0.1) is 0 Å². The van der Waals surface area contributed by atoms with E-state index in [4.69, 9.17) is 4.74 Å². The quantitative estimate of drug-likeness (QED) is 0.624. The van der Waals surface area contributed by atoms with E-state index in [-0.39, 0.29) is 0 Å². The number of hydrogen-bond donors (Lipinski definition) is 1. The number of nitrogens with one attached hydrogen (secondary N) is 1. The summed E-state index contributed by atoms with van der Waals surface area (Å²) >= 11 is 0. The molecule has 1 rings (SSSR count). The normalized spacial score (nSPS) is 18.7. The molecule has 0 amide bonds. The highest BCUT2D eigenvalue weighted by molar-refractivity contribution is 4.76. The molecule has 1 saturated heterocycles. The van der Waals surface area contributed by atoms with Gasteiger partial charge in [0.15, 0.2) is 0 Å². The van der Waals surface area contributed by atoms with Crippen LogP contribution >= 0.6 is 0 Å². The fraction of sp³-hybridized carbons (Fsp3) is 1.00. The van der Waals surface area contributed by atoms with Crippen molar-refractivity contribution in [3.8, 4) is 0 Å². The van der Waals surface area contributed by atoms with Crippen molar-refractivity contribution in [2.75, 3.05) is 60.5 Å². The highest BCUT2D eigenvalue weighted by Gasteiger charge is 2.19. The average molecular weight is 257 g/mol. The maximum atomic E-state index is 5.00. The van der Waals surface area contributed by atoms with Crippen LogP contribution in [0.4, 0.5) is 0 Å². The summed E-state index contributed by atoms with van der Waals surface area (Å²) in [6.45, 7) is 6.66. The first-order chi connectivity index (χ1) is 8.74. The van der Waals surface area contributed by atoms with Crippen LogP contribution in [-0.2, 0) is 4.74 Å². The molecule has 0 aliphatic carbocycles. The number of nitrogens with zero attached hydrogens (tertiary/aromatic N) is 2. The van der Waals surface area contributed by atoms with E-state index in [9.17, 15) is 0 Å². The zero-order valence-corrected chi connectivity index (χ0v) is 12.5. The summed E-state index contributed by atoms with van der Waals surface area (Å²) in [5, 5.41) is 3.40. The molecular weight excluding hydrogens is 226 g/mol. The number of methoxy groups -OCH3 is 1. The highest BCUT2D eigenvalue weighted by Crippen LogP contribution is 2.14. The topological polar surface area (TPSA) is 27.7 Å². The van der Waals surface area contributed by atoms with Gasteiger partial charge < -0.3 is 19.9 Å². The van der Waals surface area contributed by atoms with Gasteiger partial charge >= 0.3 is 0 Å². The Bertz CT molecular complexity index is 193. The number of unbranched alkanes of at least 4 members (excludes halogenated alkanes) is 1. The smallest absolute Gasteiger partial charge is 0.0587 e. The van der Waals surface area contributed by atoms with Crippen LogP contribution in [0.2, 0.25) is 0 Å². The number of hydrogen-bond acceptors (Lipinski definition) is 4. The Hall–Kier alpha value is -0.160. The summed E-state index contributed by atoms with van der Waals surface area (Å²) in [6, 6.07) is 0.808. The first-order valence-electron chi connectivity index (χ1n) is 7.32. The Balaban J connectivity index is 1.95. The first-order valence-corrected chi connectivity index (χ1v) is 7.32. The molecule has 0 aromatic carbocycles. The number of likely N-dealkylation sites (tertiary alicyclic amines) is 1. The predicted molar refractivity (Wildman–Crippen MR) is 77.1 cm³/mol. The number of ether oxygens (including phenoxy) is 1. The Morgan fingerprint density at radius 1 is 1.22 bits per heavy atom. The zero-order chi connectivity index (χ0) is 13.2. The van der Waals surface area contributed by atoms with Crippen LogP contribution in [0.3, 0.4) is 0 Å². The monoisotopic (exact) mass is 257 g/mol. The molecule has 0 atom stereocenters. The van der Waals surface area contributed by atoms with Crippen molar-refractivity contribution < 1.29 is 4.74 Å². The molecule has 0 unspecified atom stereocenters. The van der Waals surface area contributed by atoms with Crippen molar-refractivity contribution in [2.45, 2.75) is 31.7 Å². The maximum absolute atomic E-state index is 5.00. The summed E-state index contributed by atoms with van der Waals surface area (Å²) < 4.78 is 5.00. The van der Waals surface area contributed by atoms with E-state index < -0.39 is 0 Å². The minimum Gasteiger partial charge on any atom is -0.383 e. The highest BCUT2D eigenvalue weighted by atomic mass is 16.5. The van der Waals surface area contributed by atoms with E-state index in [1.54, 1.807) is 7.11 Å². The molecule has 0 spiro atoms. The lowest BCUT2D eigenvalue weighted by Gasteiger charge is -2.35. The van der Waals surface area contributed by atoms with Crippen LogP contribution in [0.25, 0.3) is 0 Å². The van der Waals surface area contributed by atoms with Gasteiger partial charge in [0.05, 0.1) is 6.61 Å². The molecule has 0 bridgehead atoms. The Kier molecular flexibility index (Phi) is 8.59. The van der Waals surface area contributed by atoms with E-state index in [0.717, 1.165) is 25.7 Å². The minimum atomic E-state index is 0.808. The van der Waals surface area contributed by atoms with Crippen molar-refractivity contribution >= 4 is 0 Å². The first kappa shape index (κ1) is 15.9. The third-order valence-electron chi connectivity index (χ3n) is 3.91. The van der Waals surface area contributed by atoms with Gasteiger partial charge in [0.1, 0.15) is 0 Å². The second-order valence-corrected chi connectivity index (χ2v) is 5.46. The largest absolute Gasteiger partial charge is 0.383 e. The van der Waals surface area contributed by atoms with Crippen molar-refractivity contribution in [3.63, 3.8) is 0 Å². The Morgan fingerprint density at radius 3 is 2.61 bits per heavy atom. The van der Waals surface area contributed by atoms with E-state index >= 15 is 0 Å². The zero-order valence-electron chi connectivity index (χ0n) is 12.5. The van der Waals surface area contributed by atoms with Gasteiger partial charge in [0.2, 0.25) is 0 Å². The van der Waals surface area contributed by atoms with Gasteiger partial charge in [-0.25, -0.2) is 0 Å². The molecule has 108 valence electrons. The van der Waals surface area contributed by atoms with Gasteiger partial charge in [-0.05, 0) is 66.0 Å². The average Bonchev–Trinajstić information content (AvgIpc) is 2.38. The molecule has 0 aromatic heterocycles. The van der Waals surface area contributed by atoms with Gasteiger partial charge in [-0.3, -0.25) is 0 Å². The van der Waals surface area contributed by atoms with Gasteiger partial charge in [-0.15, -0.1) is 0 Å². The van der Waals surface area contributed by atoms with E-state index in [1.807, 2.05) is 0 Å². The third kappa shape index (κ3) is 6.69. The van der Waals surface area contributed by atoms with E-state index in [1.165, 1.54) is 45.3 Å².